The molecule has 1 fully saturated rings. The number of hydrogen-bond acceptors (Lipinski definition) is 3. The molecule has 0 radical (unpaired) electrons. The van der Waals surface area contributed by atoms with Gasteiger partial charge in [-0.05, 0) is 47.9 Å². The lowest BCUT2D eigenvalue weighted by atomic mass is 10.0. The van der Waals surface area contributed by atoms with Crippen molar-refractivity contribution in [1.82, 2.24) is 9.80 Å². The highest BCUT2D eigenvalue weighted by Gasteiger charge is 2.31. The van der Waals surface area contributed by atoms with Crippen molar-refractivity contribution < 1.29 is 27.5 Å². The zero-order chi connectivity index (χ0) is 28.0. The van der Waals surface area contributed by atoms with Gasteiger partial charge in [-0.2, -0.15) is 13.2 Å². The summed E-state index contributed by atoms with van der Waals surface area (Å²) in [5, 5.41) is 0.621. The van der Waals surface area contributed by atoms with Gasteiger partial charge < -0.3 is 14.5 Å². The van der Waals surface area contributed by atoms with Gasteiger partial charge in [0.2, 0.25) is 5.91 Å². The lowest BCUT2D eigenvalue weighted by Gasteiger charge is -2.31. The van der Waals surface area contributed by atoms with Crippen molar-refractivity contribution in [3.8, 4) is 0 Å². The predicted molar refractivity (Wildman–Crippen MR) is 144 cm³/mol. The minimum Gasteiger partial charge on any atom is -0.375 e. The highest BCUT2D eigenvalue weighted by atomic mass is 35.5. The van der Waals surface area contributed by atoms with Crippen LogP contribution in [0.5, 0.6) is 0 Å². The molecular weight excluding hydrogens is 552 g/mol. The molecule has 0 unspecified atom stereocenters. The first kappa shape index (κ1) is 28.9. The summed E-state index contributed by atoms with van der Waals surface area (Å²) in [5.74, 6) is -0.369. The number of carbonyl (C=O) groups is 2. The first-order chi connectivity index (χ1) is 18.6. The van der Waals surface area contributed by atoms with Crippen LogP contribution in [0.3, 0.4) is 0 Å². The quantitative estimate of drug-likeness (QED) is 0.306. The highest BCUT2D eigenvalue weighted by molar-refractivity contribution is 6.42. The summed E-state index contributed by atoms with van der Waals surface area (Å²) in [6, 6.07) is 18.9. The average molecular weight is 579 g/mol. The third kappa shape index (κ3) is 7.75. The van der Waals surface area contributed by atoms with Crippen LogP contribution in [0.2, 0.25) is 10.0 Å². The van der Waals surface area contributed by atoms with Crippen LogP contribution >= 0.6 is 23.2 Å². The zero-order valence-corrected chi connectivity index (χ0v) is 22.5. The summed E-state index contributed by atoms with van der Waals surface area (Å²) in [6.45, 7) is 0.939. The Bertz CT molecular complexity index is 1300. The summed E-state index contributed by atoms with van der Waals surface area (Å²) in [5.41, 5.74) is 1.03. The van der Waals surface area contributed by atoms with E-state index in [4.69, 9.17) is 27.9 Å². The average Bonchev–Trinajstić information content (AvgIpc) is 3.11. The number of carbonyl (C=O) groups excluding carboxylic acids is 2. The van der Waals surface area contributed by atoms with Gasteiger partial charge in [-0.25, -0.2) is 0 Å². The van der Waals surface area contributed by atoms with Gasteiger partial charge in [-0.3, -0.25) is 9.59 Å². The maximum atomic E-state index is 13.2. The second kappa shape index (κ2) is 12.9. The minimum atomic E-state index is -4.44. The Balaban J connectivity index is 1.46. The number of amides is 2. The fourth-order valence-corrected chi connectivity index (χ4v) is 4.83. The number of rotatable bonds is 8. The van der Waals surface area contributed by atoms with Gasteiger partial charge in [0.15, 0.2) is 0 Å². The molecule has 0 spiro atoms. The van der Waals surface area contributed by atoms with E-state index in [0.717, 1.165) is 17.7 Å². The third-order valence-electron chi connectivity index (χ3n) is 6.57. The third-order valence-corrected chi connectivity index (χ3v) is 7.31. The fourth-order valence-electron chi connectivity index (χ4n) is 4.54. The second-order valence-corrected chi connectivity index (χ2v) is 10.1. The second-order valence-electron chi connectivity index (χ2n) is 9.32. The van der Waals surface area contributed by atoms with Crippen molar-refractivity contribution in [1.29, 1.82) is 0 Å². The van der Waals surface area contributed by atoms with E-state index in [1.54, 1.807) is 28.0 Å². The minimum absolute atomic E-state index is 0.0286. The zero-order valence-electron chi connectivity index (χ0n) is 21.0. The van der Waals surface area contributed by atoms with Crippen molar-refractivity contribution in [3.05, 3.63) is 105 Å². The summed E-state index contributed by atoms with van der Waals surface area (Å²) < 4.78 is 45.1. The molecule has 0 aromatic heterocycles. The smallest absolute Gasteiger partial charge is 0.375 e. The predicted octanol–water partition coefficient (Wildman–Crippen LogP) is 6.51. The molecule has 5 nitrogen and oxygen atoms in total. The summed E-state index contributed by atoms with van der Waals surface area (Å²) in [7, 11) is 0. The van der Waals surface area contributed by atoms with Gasteiger partial charge in [0.05, 0.1) is 34.9 Å². The van der Waals surface area contributed by atoms with Crippen LogP contribution in [0, 0.1) is 0 Å². The molecule has 1 aliphatic rings. The van der Waals surface area contributed by atoms with Crippen LogP contribution in [0.4, 0.5) is 13.2 Å². The molecule has 1 atom stereocenters. The standard InChI is InChI=1S/C29H27Cl2F3N2O3/c30-25-10-9-22(17-26(25)31)28(38)35-12-11-27(37)36(14-13-35)24(16-20-5-2-1-3-6-20)19-39-18-21-7-4-8-23(15-21)29(32,33)34/h1-10,15,17,24H,11-14,16,18-19H2/t24-/m0/s1. The molecule has 3 aromatic rings. The van der Waals surface area contributed by atoms with Gasteiger partial charge in [0.1, 0.15) is 0 Å². The van der Waals surface area contributed by atoms with Gasteiger partial charge in [0, 0.05) is 31.6 Å². The van der Waals surface area contributed by atoms with Gasteiger partial charge in [0.25, 0.3) is 5.91 Å². The lowest BCUT2D eigenvalue weighted by molar-refractivity contribution is -0.138. The van der Waals surface area contributed by atoms with Gasteiger partial charge >= 0.3 is 6.18 Å². The number of hydrogen-bond donors (Lipinski definition) is 0. The SMILES string of the molecule is O=C(c1ccc(Cl)c(Cl)c1)N1CCC(=O)N([C@H](COCc2cccc(C(F)(F)F)c2)Cc2ccccc2)CC1. The van der Waals surface area contributed by atoms with Gasteiger partial charge in [-0.15, -0.1) is 0 Å². The number of ether oxygens (including phenoxy) is 1. The van der Waals surface area contributed by atoms with E-state index < -0.39 is 11.7 Å². The monoisotopic (exact) mass is 578 g/mol. The Kier molecular flexibility index (Phi) is 9.53. The van der Waals surface area contributed by atoms with Crippen LogP contribution in [0.1, 0.15) is 33.5 Å². The number of alkyl halides is 3. The van der Waals surface area contributed by atoms with Crippen molar-refractivity contribution in [3.63, 3.8) is 0 Å². The van der Waals surface area contributed by atoms with Crippen LogP contribution < -0.4 is 0 Å². The van der Waals surface area contributed by atoms with Crippen molar-refractivity contribution >= 4 is 35.0 Å². The van der Waals surface area contributed by atoms with Gasteiger partial charge in [-0.1, -0.05) is 65.7 Å². The molecule has 206 valence electrons. The van der Waals surface area contributed by atoms with E-state index in [0.29, 0.717) is 29.1 Å². The summed E-state index contributed by atoms with van der Waals surface area (Å²) in [6.07, 6.45) is -3.81. The largest absolute Gasteiger partial charge is 0.416 e. The van der Waals surface area contributed by atoms with E-state index >= 15 is 0 Å². The highest BCUT2D eigenvalue weighted by Crippen LogP contribution is 2.30. The first-order valence-corrected chi connectivity index (χ1v) is 13.2. The summed E-state index contributed by atoms with van der Waals surface area (Å²) in [4.78, 5) is 29.6. The molecule has 1 heterocycles. The van der Waals surface area contributed by atoms with E-state index in [1.807, 2.05) is 30.3 Å². The molecular formula is C29H27Cl2F3N2O3. The van der Waals surface area contributed by atoms with Crippen molar-refractivity contribution in [2.75, 3.05) is 26.2 Å². The van der Waals surface area contributed by atoms with Crippen molar-refractivity contribution in [2.45, 2.75) is 31.7 Å². The maximum Gasteiger partial charge on any atom is 0.416 e. The maximum absolute atomic E-state index is 13.2. The van der Waals surface area contributed by atoms with E-state index in [1.165, 1.54) is 12.1 Å². The molecule has 39 heavy (non-hydrogen) atoms. The molecule has 4 rings (SSSR count). The van der Waals surface area contributed by atoms with Crippen LogP contribution in [0.15, 0.2) is 72.8 Å². The number of benzene rings is 3. The Morgan fingerprint density at radius 2 is 1.64 bits per heavy atom. The molecule has 0 saturated carbocycles. The topological polar surface area (TPSA) is 49.9 Å². The molecule has 0 aliphatic carbocycles. The van der Waals surface area contributed by atoms with Crippen LogP contribution in [-0.4, -0.2) is 53.9 Å². The molecule has 10 heteroatoms. The van der Waals surface area contributed by atoms with E-state index in [9.17, 15) is 22.8 Å². The molecule has 1 saturated heterocycles. The molecule has 1 aliphatic heterocycles. The van der Waals surface area contributed by atoms with E-state index in [2.05, 4.69) is 0 Å². The Morgan fingerprint density at radius 3 is 2.36 bits per heavy atom. The Hall–Kier alpha value is -3.07. The molecule has 0 bridgehead atoms. The molecule has 0 N–H and O–H groups in total. The Morgan fingerprint density at radius 1 is 0.897 bits per heavy atom. The fraction of sp³-hybridized carbons (Fsp3) is 0.310. The van der Waals surface area contributed by atoms with Crippen molar-refractivity contribution in [2.24, 2.45) is 0 Å². The molecule has 3 aromatic carbocycles. The van der Waals surface area contributed by atoms with E-state index in [-0.39, 0.29) is 55.6 Å². The first-order valence-electron chi connectivity index (χ1n) is 12.4. The summed E-state index contributed by atoms with van der Waals surface area (Å²) >= 11 is 12.1. The lowest BCUT2D eigenvalue weighted by Crippen LogP contribution is -2.45. The van der Waals surface area contributed by atoms with Crippen LogP contribution in [-0.2, 0) is 28.7 Å². The van der Waals surface area contributed by atoms with Crippen LogP contribution in [0.25, 0.3) is 0 Å². The number of halogens is 5. The Labute approximate surface area is 235 Å². The number of nitrogens with zero attached hydrogens (tertiary/aromatic N) is 2. The normalized spacial score (nSPS) is 15.3. The molecule has 2 amide bonds.